The van der Waals surface area contributed by atoms with Gasteiger partial charge in [-0.1, -0.05) is 24.7 Å². The Morgan fingerprint density at radius 2 is 2.11 bits per heavy atom. The maximum atomic E-state index is 9.07. The van der Waals surface area contributed by atoms with Gasteiger partial charge in [-0.2, -0.15) is 5.26 Å². The highest BCUT2D eigenvalue weighted by Crippen LogP contribution is 2.51. The molecule has 0 aliphatic carbocycles. The van der Waals surface area contributed by atoms with E-state index in [1.54, 1.807) is 6.07 Å². The van der Waals surface area contributed by atoms with Crippen molar-refractivity contribution in [1.29, 1.82) is 5.26 Å². The van der Waals surface area contributed by atoms with Crippen LogP contribution in [0.1, 0.15) is 24.6 Å². The molecule has 0 aromatic carbocycles. The summed E-state index contributed by atoms with van der Waals surface area (Å²) in [5.74, 6) is 0.353. The van der Waals surface area contributed by atoms with Crippen LogP contribution in [0.4, 0.5) is 0 Å². The van der Waals surface area contributed by atoms with Crippen molar-refractivity contribution in [3.8, 4) is 16.9 Å². The number of unbranched alkanes of at least 4 members (excludes halogenated alkanes) is 1. The van der Waals surface area contributed by atoms with Gasteiger partial charge in [0.2, 0.25) is 0 Å². The second-order valence-electron chi connectivity index (χ2n) is 3.48. The molecular weight excluding hydrogens is 305 g/mol. The SMILES string of the molecule is CCCCOc1cc(OP(=S)(OC)OC)c(C#N)s1. The molecule has 0 saturated heterocycles. The molecule has 0 unspecified atom stereocenters. The van der Waals surface area contributed by atoms with Gasteiger partial charge in [0.05, 0.1) is 6.61 Å². The molecule has 0 radical (unpaired) electrons. The molecule has 0 atom stereocenters. The van der Waals surface area contributed by atoms with Crippen molar-refractivity contribution in [3.63, 3.8) is 0 Å². The van der Waals surface area contributed by atoms with Gasteiger partial charge in [0.1, 0.15) is 6.07 Å². The molecular formula is C11H16NO4PS2. The van der Waals surface area contributed by atoms with Crippen LogP contribution in [0, 0.1) is 11.3 Å². The Morgan fingerprint density at radius 1 is 1.42 bits per heavy atom. The Kier molecular flexibility index (Phi) is 6.76. The predicted molar refractivity (Wildman–Crippen MR) is 78.4 cm³/mol. The Balaban J connectivity index is 2.83. The third kappa shape index (κ3) is 4.75. The maximum Gasteiger partial charge on any atom is 0.380 e. The van der Waals surface area contributed by atoms with Crippen LogP contribution in [0.2, 0.25) is 0 Å². The van der Waals surface area contributed by atoms with Gasteiger partial charge in [-0.15, -0.1) is 0 Å². The van der Waals surface area contributed by atoms with Crippen molar-refractivity contribution < 1.29 is 18.3 Å². The van der Waals surface area contributed by atoms with Gasteiger partial charge in [0, 0.05) is 32.1 Å². The highest BCUT2D eigenvalue weighted by Gasteiger charge is 2.22. The summed E-state index contributed by atoms with van der Waals surface area (Å²) in [4.78, 5) is 0.398. The molecule has 1 aromatic rings. The van der Waals surface area contributed by atoms with Crippen molar-refractivity contribution in [2.45, 2.75) is 19.8 Å². The molecule has 0 aliphatic rings. The number of rotatable bonds is 8. The number of ether oxygens (including phenoxy) is 1. The number of nitriles is 1. The molecule has 0 N–H and O–H groups in total. The van der Waals surface area contributed by atoms with E-state index in [0.717, 1.165) is 12.8 Å². The summed E-state index contributed by atoms with van der Waals surface area (Å²) >= 11 is 6.33. The fourth-order valence-corrected chi connectivity index (χ4v) is 2.90. The van der Waals surface area contributed by atoms with E-state index in [2.05, 4.69) is 13.0 Å². The van der Waals surface area contributed by atoms with E-state index >= 15 is 0 Å². The van der Waals surface area contributed by atoms with Crippen LogP contribution in [0.15, 0.2) is 6.07 Å². The monoisotopic (exact) mass is 321 g/mol. The van der Waals surface area contributed by atoms with E-state index in [0.29, 0.717) is 22.3 Å². The second kappa shape index (κ2) is 7.83. The lowest BCUT2D eigenvalue weighted by Crippen LogP contribution is -1.97. The molecule has 0 aliphatic heterocycles. The molecule has 5 nitrogen and oxygen atoms in total. The minimum atomic E-state index is -2.83. The Hall–Kier alpha value is -0.640. The third-order valence-electron chi connectivity index (χ3n) is 2.18. The van der Waals surface area contributed by atoms with Crippen LogP contribution in [-0.2, 0) is 20.9 Å². The highest BCUT2D eigenvalue weighted by atomic mass is 32.5. The average Bonchev–Trinajstić information content (AvgIpc) is 2.80. The van der Waals surface area contributed by atoms with Gasteiger partial charge in [-0.05, 0) is 6.42 Å². The summed E-state index contributed by atoms with van der Waals surface area (Å²) in [6, 6.07) is 3.70. The first kappa shape index (κ1) is 16.4. The fourth-order valence-electron chi connectivity index (χ4n) is 1.16. The third-order valence-corrected chi connectivity index (χ3v) is 5.54. The number of hydrogen-bond acceptors (Lipinski definition) is 7. The largest absolute Gasteiger partial charge is 0.484 e. The zero-order valence-electron chi connectivity index (χ0n) is 11.0. The molecule has 1 heterocycles. The van der Waals surface area contributed by atoms with E-state index in [9.17, 15) is 0 Å². The van der Waals surface area contributed by atoms with Crippen molar-refractivity contribution in [2.75, 3.05) is 20.8 Å². The first-order valence-corrected chi connectivity index (χ1v) is 9.03. The van der Waals surface area contributed by atoms with Crippen LogP contribution >= 0.6 is 18.1 Å². The quantitative estimate of drug-likeness (QED) is 0.537. The summed E-state index contributed by atoms with van der Waals surface area (Å²) < 4.78 is 21.1. The molecule has 19 heavy (non-hydrogen) atoms. The summed E-state index contributed by atoms with van der Waals surface area (Å²) in [7, 11) is 2.84. The summed E-state index contributed by atoms with van der Waals surface area (Å²) in [6.07, 6.45) is 2.01. The van der Waals surface area contributed by atoms with Gasteiger partial charge in [-0.25, -0.2) is 0 Å². The van der Waals surface area contributed by atoms with E-state index in [-0.39, 0.29) is 0 Å². The number of hydrogen-bond donors (Lipinski definition) is 0. The molecule has 8 heteroatoms. The minimum Gasteiger partial charge on any atom is -0.484 e. The molecule has 0 fully saturated rings. The van der Waals surface area contributed by atoms with E-state index < -0.39 is 6.72 Å². The van der Waals surface area contributed by atoms with Gasteiger partial charge < -0.3 is 18.3 Å². The Bertz CT molecular complexity index is 489. The van der Waals surface area contributed by atoms with Crippen molar-refractivity contribution in [2.24, 2.45) is 0 Å². The van der Waals surface area contributed by atoms with E-state index in [4.69, 9.17) is 35.4 Å². The highest BCUT2D eigenvalue weighted by molar-refractivity contribution is 8.07. The molecule has 1 aromatic heterocycles. The van der Waals surface area contributed by atoms with Crippen LogP contribution in [0.5, 0.6) is 10.8 Å². The predicted octanol–water partition coefficient (Wildman–Crippen LogP) is 3.69. The van der Waals surface area contributed by atoms with Crippen molar-refractivity contribution in [1.82, 2.24) is 0 Å². The first-order valence-electron chi connectivity index (χ1n) is 5.66. The average molecular weight is 321 g/mol. The van der Waals surface area contributed by atoms with Crippen LogP contribution in [0.3, 0.4) is 0 Å². The zero-order valence-corrected chi connectivity index (χ0v) is 13.6. The lowest BCUT2D eigenvalue weighted by molar-refractivity contribution is 0.272. The van der Waals surface area contributed by atoms with Gasteiger partial charge in [0.25, 0.3) is 0 Å². The Labute approximate surface area is 122 Å². The topological polar surface area (TPSA) is 60.7 Å². The smallest absolute Gasteiger partial charge is 0.380 e. The van der Waals surface area contributed by atoms with Gasteiger partial charge in [-0.3, -0.25) is 0 Å². The summed E-state index contributed by atoms with van der Waals surface area (Å²) in [6.45, 7) is -0.129. The number of nitrogens with zero attached hydrogens (tertiary/aromatic N) is 1. The maximum absolute atomic E-state index is 9.07. The van der Waals surface area contributed by atoms with Crippen molar-refractivity contribution in [3.05, 3.63) is 10.9 Å². The van der Waals surface area contributed by atoms with E-state index in [1.807, 2.05) is 0 Å². The van der Waals surface area contributed by atoms with Crippen LogP contribution in [-0.4, -0.2) is 20.8 Å². The molecule has 0 amide bonds. The molecule has 0 spiro atoms. The second-order valence-corrected chi connectivity index (χ2v) is 7.64. The first-order chi connectivity index (χ1) is 9.08. The van der Waals surface area contributed by atoms with Crippen LogP contribution in [0.25, 0.3) is 0 Å². The molecule has 0 saturated carbocycles. The number of thiophene rings is 1. The molecule has 1 rings (SSSR count). The molecule has 0 bridgehead atoms. The van der Waals surface area contributed by atoms with Gasteiger partial charge in [0.15, 0.2) is 15.7 Å². The van der Waals surface area contributed by atoms with Crippen LogP contribution < -0.4 is 9.26 Å². The summed E-state index contributed by atoms with van der Waals surface area (Å²) in [5.41, 5.74) is 0. The summed E-state index contributed by atoms with van der Waals surface area (Å²) in [5, 5.41) is 9.70. The lowest BCUT2D eigenvalue weighted by Gasteiger charge is -2.17. The normalized spacial score (nSPS) is 11.1. The van der Waals surface area contributed by atoms with Gasteiger partial charge >= 0.3 is 6.72 Å². The standard InChI is InChI=1S/C11H16NO4PS2/c1-4-5-6-15-11-7-9(10(8-12)19-11)16-17(18,13-2)14-3/h7H,4-6H2,1-3H3. The minimum absolute atomic E-state index is 0.353. The van der Waals surface area contributed by atoms with E-state index in [1.165, 1.54) is 25.6 Å². The fraction of sp³-hybridized carbons (Fsp3) is 0.545. The molecule has 106 valence electrons. The van der Waals surface area contributed by atoms with Crippen molar-refractivity contribution >= 4 is 29.9 Å². The Morgan fingerprint density at radius 3 is 2.63 bits per heavy atom. The lowest BCUT2D eigenvalue weighted by atomic mass is 10.4. The zero-order chi connectivity index (χ0) is 14.3.